The first-order chi connectivity index (χ1) is 14.8. The van der Waals surface area contributed by atoms with Gasteiger partial charge in [-0.1, -0.05) is 17.7 Å². The largest absolute Gasteiger partial charge is 0.511 e. The summed E-state index contributed by atoms with van der Waals surface area (Å²) in [6, 6.07) is 5.87. The van der Waals surface area contributed by atoms with Crippen LogP contribution in [0.15, 0.2) is 29.2 Å². The second-order valence-corrected chi connectivity index (χ2v) is 11.2. The smallest absolute Gasteiger partial charge is 0.435 e. The molecule has 2 aliphatic rings. The van der Waals surface area contributed by atoms with Crippen LogP contribution in [0.3, 0.4) is 0 Å². The van der Waals surface area contributed by atoms with Gasteiger partial charge >= 0.3 is 12.1 Å². The lowest BCUT2D eigenvalue weighted by Crippen LogP contribution is -2.69. The Morgan fingerprint density at radius 3 is 2.41 bits per heavy atom. The predicted octanol–water partition coefficient (Wildman–Crippen LogP) is 2.54. The van der Waals surface area contributed by atoms with E-state index in [1.54, 1.807) is 39.8 Å². The van der Waals surface area contributed by atoms with Gasteiger partial charge in [0.15, 0.2) is 0 Å². The highest BCUT2D eigenvalue weighted by Crippen LogP contribution is 2.58. The molecule has 2 fully saturated rings. The fourth-order valence-electron chi connectivity index (χ4n) is 3.54. The van der Waals surface area contributed by atoms with Gasteiger partial charge in [0.25, 0.3) is 15.8 Å². The van der Waals surface area contributed by atoms with Gasteiger partial charge in [0, 0.05) is 6.92 Å². The topological polar surface area (TPSA) is 126 Å². The molecule has 10 nitrogen and oxygen atoms in total. The second kappa shape index (κ2) is 8.56. The number of thioether (sulfide) groups is 1. The lowest BCUT2D eigenvalue weighted by Gasteiger charge is -2.45. The first-order valence-electron chi connectivity index (χ1n) is 9.91. The van der Waals surface area contributed by atoms with Crippen molar-refractivity contribution in [2.45, 2.75) is 68.1 Å². The Labute approximate surface area is 190 Å². The molecule has 0 aromatic heterocycles. The third-order valence-corrected chi connectivity index (χ3v) is 7.93. The number of fused-ring (bicyclic) bond motifs is 1. The number of benzene rings is 1. The molecule has 1 amide bonds. The Balaban J connectivity index is 1.98. The van der Waals surface area contributed by atoms with Gasteiger partial charge in [-0.15, -0.1) is 11.8 Å². The Morgan fingerprint density at radius 1 is 1.22 bits per heavy atom. The number of β-lactam (4-membered cyclic amide) rings is 1. The second-order valence-electron chi connectivity index (χ2n) is 7.82. The minimum atomic E-state index is -4.49. The molecule has 0 aliphatic carbocycles. The van der Waals surface area contributed by atoms with Crippen LogP contribution in [0.5, 0.6) is 0 Å². The third kappa shape index (κ3) is 4.18. The molecule has 1 aromatic rings. The van der Waals surface area contributed by atoms with Crippen LogP contribution in [-0.4, -0.2) is 60.1 Å². The number of carbonyl (C=O) groups is 3. The molecular formula is C20H25NO9S2. The van der Waals surface area contributed by atoms with E-state index in [1.807, 2.05) is 0 Å². The highest BCUT2D eigenvalue weighted by Gasteiger charge is 2.73. The number of amides is 1. The Kier molecular flexibility index (Phi) is 6.51. The maximum Gasteiger partial charge on any atom is 0.511 e. The van der Waals surface area contributed by atoms with Gasteiger partial charge in [-0.2, -0.15) is 8.42 Å². The van der Waals surface area contributed by atoms with Crippen molar-refractivity contribution in [1.29, 1.82) is 0 Å². The van der Waals surface area contributed by atoms with Crippen molar-refractivity contribution >= 4 is 39.9 Å². The van der Waals surface area contributed by atoms with Gasteiger partial charge in [-0.25, -0.2) is 13.8 Å². The molecule has 176 valence electrons. The van der Waals surface area contributed by atoms with Gasteiger partial charge in [-0.05, 0) is 39.8 Å². The molecule has 3 atom stereocenters. The molecule has 3 rings (SSSR count). The van der Waals surface area contributed by atoms with E-state index in [0.29, 0.717) is 0 Å². The normalized spacial score (nSPS) is 24.8. The molecule has 32 heavy (non-hydrogen) atoms. The standard InChI is InChI=1S/C20H25NO9S2/c1-6-27-18(24)29-13(3)28-17(23)20(19(4,5)31-16-11-15(22)21(16)20)30-32(25,26)14-9-7-12(2)8-10-14/h7-10,13,16H,6,11H2,1-5H3/t13?,16-,20-/m1/s1. The summed E-state index contributed by atoms with van der Waals surface area (Å²) >= 11 is 1.23. The maximum atomic E-state index is 13.4. The van der Waals surface area contributed by atoms with Gasteiger partial charge in [0.05, 0.1) is 28.0 Å². The van der Waals surface area contributed by atoms with Gasteiger partial charge in [0.1, 0.15) is 0 Å². The van der Waals surface area contributed by atoms with E-state index in [4.69, 9.17) is 13.7 Å². The monoisotopic (exact) mass is 487 g/mol. The fraction of sp³-hybridized carbons (Fsp3) is 0.550. The van der Waals surface area contributed by atoms with Crippen LogP contribution < -0.4 is 0 Å². The Morgan fingerprint density at radius 2 is 1.84 bits per heavy atom. The first kappa shape index (κ1) is 24.3. The molecule has 2 aliphatic heterocycles. The highest BCUT2D eigenvalue weighted by molar-refractivity contribution is 8.01. The Bertz CT molecular complexity index is 1020. The summed E-state index contributed by atoms with van der Waals surface area (Å²) in [6.07, 6.45) is -2.35. The number of esters is 1. The summed E-state index contributed by atoms with van der Waals surface area (Å²) < 4.78 is 45.4. The number of aryl methyl sites for hydroxylation is 1. The number of hydrogen-bond acceptors (Lipinski definition) is 10. The third-order valence-electron chi connectivity index (χ3n) is 5.11. The summed E-state index contributed by atoms with van der Waals surface area (Å²) in [4.78, 5) is 38.3. The van der Waals surface area contributed by atoms with E-state index >= 15 is 0 Å². The summed E-state index contributed by atoms with van der Waals surface area (Å²) in [6.45, 7) is 7.86. The quantitative estimate of drug-likeness (QED) is 0.245. The van der Waals surface area contributed by atoms with E-state index in [-0.39, 0.29) is 17.9 Å². The molecule has 1 aromatic carbocycles. The van der Waals surface area contributed by atoms with Crippen LogP contribution in [0.25, 0.3) is 0 Å². The summed E-state index contributed by atoms with van der Waals surface area (Å²) in [7, 11) is -4.49. The first-order valence-corrected chi connectivity index (χ1v) is 12.2. The zero-order chi connectivity index (χ0) is 23.9. The van der Waals surface area contributed by atoms with Crippen molar-refractivity contribution in [1.82, 2.24) is 4.90 Å². The molecule has 0 radical (unpaired) electrons. The number of hydrogen-bond donors (Lipinski definition) is 0. The van der Waals surface area contributed by atoms with Crippen LogP contribution >= 0.6 is 11.8 Å². The predicted molar refractivity (Wildman–Crippen MR) is 113 cm³/mol. The zero-order valence-corrected chi connectivity index (χ0v) is 19.9. The van der Waals surface area contributed by atoms with Crippen molar-refractivity contribution < 1.29 is 41.2 Å². The van der Waals surface area contributed by atoms with Crippen molar-refractivity contribution in [3.63, 3.8) is 0 Å². The van der Waals surface area contributed by atoms with Crippen molar-refractivity contribution in [3.8, 4) is 0 Å². The van der Waals surface area contributed by atoms with Gasteiger partial charge in [0.2, 0.25) is 12.2 Å². The number of nitrogens with zero attached hydrogens (tertiary/aromatic N) is 1. The summed E-state index contributed by atoms with van der Waals surface area (Å²) in [5, 5.41) is -0.459. The number of rotatable bonds is 7. The molecular weight excluding hydrogens is 462 g/mol. The van der Waals surface area contributed by atoms with E-state index in [1.165, 1.54) is 30.8 Å². The van der Waals surface area contributed by atoms with E-state index in [9.17, 15) is 22.8 Å². The average molecular weight is 488 g/mol. The average Bonchev–Trinajstić information content (AvgIpc) is 2.84. The summed E-state index contributed by atoms with van der Waals surface area (Å²) in [5.74, 6) is -1.62. The highest BCUT2D eigenvalue weighted by atomic mass is 32.2. The van der Waals surface area contributed by atoms with Crippen LogP contribution in [-0.2, 0) is 38.1 Å². The van der Waals surface area contributed by atoms with E-state index in [0.717, 1.165) is 10.5 Å². The van der Waals surface area contributed by atoms with Gasteiger partial charge < -0.3 is 14.2 Å². The van der Waals surface area contributed by atoms with E-state index in [2.05, 4.69) is 4.74 Å². The van der Waals surface area contributed by atoms with Crippen LogP contribution in [0.2, 0.25) is 0 Å². The molecule has 1 unspecified atom stereocenters. The van der Waals surface area contributed by atoms with E-state index < -0.39 is 50.3 Å². The minimum absolute atomic E-state index is 0.0506. The number of ether oxygens (including phenoxy) is 3. The molecule has 0 N–H and O–H groups in total. The number of carbonyl (C=O) groups excluding carboxylic acids is 3. The minimum Gasteiger partial charge on any atom is -0.435 e. The molecule has 12 heteroatoms. The molecule has 0 bridgehead atoms. The van der Waals surface area contributed by atoms with Crippen LogP contribution in [0, 0.1) is 6.92 Å². The molecule has 2 heterocycles. The Hall–Kier alpha value is -2.31. The fourth-order valence-corrected chi connectivity index (χ4v) is 6.50. The summed E-state index contributed by atoms with van der Waals surface area (Å²) in [5.41, 5.74) is -1.47. The van der Waals surface area contributed by atoms with Crippen LogP contribution in [0.4, 0.5) is 4.79 Å². The van der Waals surface area contributed by atoms with Crippen molar-refractivity contribution in [2.75, 3.05) is 6.61 Å². The van der Waals surface area contributed by atoms with Gasteiger partial charge in [-0.3, -0.25) is 9.69 Å². The lowest BCUT2D eigenvalue weighted by atomic mass is 9.93. The molecule has 2 saturated heterocycles. The van der Waals surface area contributed by atoms with Crippen molar-refractivity contribution in [2.24, 2.45) is 0 Å². The zero-order valence-electron chi connectivity index (χ0n) is 18.3. The maximum absolute atomic E-state index is 13.4. The van der Waals surface area contributed by atoms with Crippen molar-refractivity contribution in [3.05, 3.63) is 29.8 Å². The molecule has 0 spiro atoms. The SMILES string of the molecule is CCOC(=O)OC(C)OC(=O)[C@]1(OS(=O)(=O)c2ccc(C)cc2)N2C(=O)C[C@H]2SC1(C)C. The van der Waals surface area contributed by atoms with Crippen LogP contribution in [0.1, 0.15) is 39.7 Å². The lowest BCUT2D eigenvalue weighted by molar-refractivity contribution is -0.213. The molecule has 0 saturated carbocycles.